The van der Waals surface area contributed by atoms with Crippen LogP contribution in [0.15, 0.2) is 42.5 Å². The average Bonchev–Trinajstić information content (AvgIpc) is 3.00. The van der Waals surface area contributed by atoms with E-state index >= 15 is 0 Å². The van der Waals surface area contributed by atoms with Crippen molar-refractivity contribution in [1.82, 2.24) is 9.80 Å². The van der Waals surface area contributed by atoms with Crippen molar-refractivity contribution >= 4 is 29.2 Å². The Morgan fingerprint density at radius 3 is 2.45 bits per heavy atom. The first kappa shape index (κ1) is 22.8. The van der Waals surface area contributed by atoms with E-state index in [0.29, 0.717) is 49.7 Å². The molecule has 0 aromatic heterocycles. The van der Waals surface area contributed by atoms with Crippen LogP contribution in [0.3, 0.4) is 0 Å². The van der Waals surface area contributed by atoms with E-state index in [-0.39, 0.29) is 30.7 Å². The summed E-state index contributed by atoms with van der Waals surface area (Å²) >= 11 is 5.85. The highest BCUT2D eigenvalue weighted by Gasteiger charge is 2.22. The van der Waals surface area contributed by atoms with Gasteiger partial charge in [-0.05, 0) is 49.2 Å². The topological polar surface area (TPSA) is 61.9 Å². The van der Waals surface area contributed by atoms with E-state index in [1.165, 1.54) is 6.07 Å². The van der Waals surface area contributed by atoms with Crippen LogP contribution in [0, 0.1) is 11.6 Å². The molecule has 3 rings (SSSR count). The van der Waals surface area contributed by atoms with Gasteiger partial charge in [-0.2, -0.15) is 0 Å². The molecule has 0 aliphatic carbocycles. The number of rotatable bonds is 6. The van der Waals surface area contributed by atoms with Crippen LogP contribution in [-0.2, 0) is 4.79 Å². The molecule has 31 heavy (non-hydrogen) atoms. The minimum atomic E-state index is -0.768. The van der Waals surface area contributed by atoms with Gasteiger partial charge in [0.25, 0.3) is 0 Å². The van der Waals surface area contributed by atoms with Gasteiger partial charge in [-0.15, -0.1) is 0 Å². The largest absolute Gasteiger partial charge is 0.491 e. The molecule has 0 bridgehead atoms. The van der Waals surface area contributed by atoms with Crippen LogP contribution in [0.2, 0.25) is 5.02 Å². The summed E-state index contributed by atoms with van der Waals surface area (Å²) in [5.74, 6) is -1.51. The number of carbonyl (C=O) groups is 2. The second kappa shape index (κ2) is 10.9. The smallest absolute Gasteiger partial charge is 0.321 e. The van der Waals surface area contributed by atoms with E-state index in [4.69, 9.17) is 16.3 Å². The normalized spacial score (nSPS) is 14.2. The number of nitrogens with one attached hydrogen (secondary N) is 1. The van der Waals surface area contributed by atoms with Crippen molar-refractivity contribution in [2.75, 3.05) is 38.1 Å². The van der Waals surface area contributed by atoms with Crippen LogP contribution in [0.25, 0.3) is 0 Å². The molecule has 2 aromatic rings. The minimum absolute atomic E-state index is 0.0361. The van der Waals surface area contributed by atoms with Crippen molar-refractivity contribution < 1.29 is 23.1 Å². The van der Waals surface area contributed by atoms with Gasteiger partial charge in [-0.1, -0.05) is 11.6 Å². The van der Waals surface area contributed by atoms with E-state index in [1.807, 2.05) is 0 Å². The van der Waals surface area contributed by atoms with Gasteiger partial charge < -0.3 is 19.9 Å². The Bertz CT molecular complexity index is 911. The van der Waals surface area contributed by atoms with Crippen LogP contribution in [-0.4, -0.2) is 54.5 Å². The monoisotopic (exact) mass is 451 g/mol. The molecule has 0 saturated carbocycles. The van der Waals surface area contributed by atoms with Crippen LogP contribution < -0.4 is 10.1 Å². The molecule has 0 atom stereocenters. The van der Waals surface area contributed by atoms with Crippen LogP contribution in [0.5, 0.6) is 5.75 Å². The lowest BCUT2D eigenvalue weighted by molar-refractivity contribution is -0.131. The number of halogens is 3. The lowest BCUT2D eigenvalue weighted by atomic mass is 10.2. The Kier molecular flexibility index (Phi) is 8.06. The Hall–Kier alpha value is -2.87. The quantitative estimate of drug-likeness (QED) is 0.656. The molecule has 1 N–H and O–H groups in total. The molecule has 1 heterocycles. The number of ether oxygens (including phenoxy) is 1. The summed E-state index contributed by atoms with van der Waals surface area (Å²) in [6.07, 6.45) is 1.34. The van der Waals surface area contributed by atoms with E-state index < -0.39 is 11.6 Å². The predicted octanol–water partition coefficient (Wildman–Crippen LogP) is 4.54. The summed E-state index contributed by atoms with van der Waals surface area (Å²) in [6, 6.07) is 9.75. The number of hydrogen-bond donors (Lipinski definition) is 1. The fraction of sp³-hybridized carbons (Fsp3) is 0.364. The van der Waals surface area contributed by atoms with Gasteiger partial charge in [-0.3, -0.25) is 4.79 Å². The number of benzene rings is 2. The number of amides is 3. The third kappa shape index (κ3) is 6.82. The molecule has 9 heteroatoms. The number of carbonyl (C=O) groups excluding carboxylic acids is 2. The van der Waals surface area contributed by atoms with Crippen LogP contribution in [0.1, 0.15) is 19.3 Å². The summed E-state index contributed by atoms with van der Waals surface area (Å²) in [6.45, 7) is 2.15. The zero-order valence-corrected chi connectivity index (χ0v) is 17.7. The van der Waals surface area contributed by atoms with E-state index in [0.717, 1.165) is 12.1 Å². The van der Waals surface area contributed by atoms with Gasteiger partial charge in [0, 0.05) is 49.4 Å². The molecule has 0 spiro atoms. The summed E-state index contributed by atoms with van der Waals surface area (Å²) in [4.78, 5) is 28.4. The highest BCUT2D eigenvalue weighted by Crippen LogP contribution is 2.18. The summed E-state index contributed by atoms with van der Waals surface area (Å²) in [5, 5.41) is 3.42. The second-order valence-electron chi connectivity index (χ2n) is 7.19. The molecular weight excluding hydrogens is 428 g/mol. The fourth-order valence-electron chi connectivity index (χ4n) is 3.26. The molecule has 1 aliphatic heterocycles. The number of hydrogen-bond acceptors (Lipinski definition) is 3. The molecular formula is C22H24ClF2N3O3. The first-order chi connectivity index (χ1) is 14.9. The lowest BCUT2D eigenvalue weighted by Crippen LogP contribution is -2.39. The Labute approximate surface area is 184 Å². The van der Waals surface area contributed by atoms with Crippen LogP contribution in [0.4, 0.5) is 19.3 Å². The van der Waals surface area contributed by atoms with Crippen molar-refractivity contribution in [2.24, 2.45) is 0 Å². The Morgan fingerprint density at radius 2 is 1.71 bits per heavy atom. The van der Waals surface area contributed by atoms with Crippen molar-refractivity contribution in [3.8, 4) is 5.75 Å². The van der Waals surface area contributed by atoms with Crippen molar-refractivity contribution in [3.05, 3.63) is 59.1 Å². The zero-order chi connectivity index (χ0) is 22.2. The lowest BCUT2D eigenvalue weighted by Gasteiger charge is -2.22. The third-order valence-corrected chi connectivity index (χ3v) is 5.17. The molecule has 6 nitrogen and oxygen atoms in total. The van der Waals surface area contributed by atoms with Crippen molar-refractivity contribution in [1.29, 1.82) is 0 Å². The first-order valence-electron chi connectivity index (χ1n) is 10.1. The highest BCUT2D eigenvalue weighted by atomic mass is 35.5. The van der Waals surface area contributed by atoms with Gasteiger partial charge in [0.15, 0.2) is 11.6 Å². The minimum Gasteiger partial charge on any atom is -0.491 e. The van der Waals surface area contributed by atoms with E-state index in [2.05, 4.69) is 5.32 Å². The average molecular weight is 452 g/mol. The SMILES string of the molecule is O=C(CCCOc1ccc(F)cc1F)N1CCCN(C(=O)Nc2ccc(Cl)cc2)CC1. The highest BCUT2D eigenvalue weighted by molar-refractivity contribution is 6.30. The predicted molar refractivity (Wildman–Crippen MR) is 114 cm³/mol. The molecule has 0 radical (unpaired) electrons. The maximum Gasteiger partial charge on any atom is 0.321 e. The van der Waals surface area contributed by atoms with E-state index in [9.17, 15) is 18.4 Å². The molecule has 166 valence electrons. The van der Waals surface area contributed by atoms with Gasteiger partial charge in [0.1, 0.15) is 5.82 Å². The maximum absolute atomic E-state index is 13.5. The van der Waals surface area contributed by atoms with Crippen molar-refractivity contribution in [3.63, 3.8) is 0 Å². The molecule has 3 amide bonds. The van der Waals surface area contributed by atoms with Gasteiger partial charge in [0.2, 0.25) is 5.91 Å². The van der Waals surface area contributed by atoms with Gasteiger partial charge in [-0.25, -0.2) is 13.6 Å². The molecule has 1 fully saturated rings. The van der Waals surface area contributed by atoms with Gasteiger partial charge in [0.05, 0.1) is 6.61 Å². The Morgan fingerprint density at radius 1 is 1.00 bits per heavy atom. The Balaban J connectivity index is 1.40. The second-order valence-corrected chi connectivity index (χ2v) is 7.62. The zero-order valence-electron chi connectivity index (χ0n) is 17.0. The standard InChI is InChI=1S/C22H24ClF2N3O3/c23-16-4-7-18(8-5-16)26-22(30)28-11-2-10-27(12-13-28)21(29)3-1-14-31-20-9-6-17(24)15-19(20)25/h4-9,15H,1-3,10-14H2,(H,26,30). The van der Waals surface area contributed by atoms with Gasteiger partial charge >= 0.3 is 6.03 Å². The molecule has 1 saturated heterocycles. The fourth-order valence-corrected chi connectivity index (χ4v) is 3.39. The van der Waals surface area contributed by atoms with E-state index in [1.54, 1.807) is 34.1 Å². The van der Waals surface area contributed by atoms with Crippen molar-refractivity contribution in [2.45, 2.75) is 19.3 Å². The maximum atomic E-state index is 13.5. The molecule has 0 unspecified atom stereocenters. The summed E-state index contributed by atoms with van der Waals surface area (Å²) < 4.78 is 31.7. The number of nitrogens with zero attached hydrogens (tertiary/aromatic N) is 2. The summed E-state index contributed by atoms with van der Waals surface area (Å²) in [7, 11) is 0. The first-order valence-corrected chi connectivity index (χ1v) is 10.5. The number of anilines is 1. The molecule has 2 aromatic carbocycles. The third-order valence-electron chi connectivity index (χ3n) is 4.92. The number of urea groups is 1. The van der Waals surface area contributed by atoms with Crippen LogP contribution >= 0.6 is 11.6 Å². The summed E-state index contributed by atoms with van der Waals surface area (Å²) in [5.41, 5.74) is 0.657. The molecule has 1 aliphatic rings.